The molecule has 2 aromatic rings. The average molecular weight is 324 g/mol. The van der Waals surface area contributed by atoms with Gasteiger partial charge in [0.2, 0.25) is 0 Å². The number of aliphatic hydroxyl groups is 2. The van der Waals surface area contributed by atoms with Gasteiger partial charge in [-0.15, -0.1) is 0 Å². The summed E-state index contributed by atoms with van der Waals surface area (Å²) in [5, 5.41) is 32.6. The lowest BCUT2D eigenvalue weighted by Crippen LogP contribution is -2.16. The molecule has 8 heteroatoms. The van der Waals surface area contributed by atoms with E-state index in [1.165, 1.54) is 24.3 Å². The lowest BCUT2D eigenvalue weighted by Gasteiger charge is -2.15. The summed E-state index contributed by atoms with van der Waals surface area (Å²) in [7, 11) is 0. The lowest BCUT2D eigenvalue weighted by atomic mass is 10.1. The topological polar surface area (TPSA) is 95.6 Å². The van der Waals surface area contributed by atoms with Crippen molar-refractivity contribution in [2.24, 2.45) is 0 Å². The highest BCUT2D eigenvalue weighted by molar-refractivity contribution is 5.62. The molecule has 0 aliphatic heterocycles. The van der Waals surface area contributed by atoms with Crippen LogP contribution in [-0.4, -0.2) is 21.7 Å². The molecule has 0 spiro atoms. The Labute approximate surface area is 130 Å². The van der Waals surface area contributed by atoms with Crippen molar-refractivity contribution in [3.8, 4) is 0 Å². The monoisotopic (exact) mass is 324 g/mol. The predicted octanol–water partition coefficient (Wildman–Crippen LogP) is 2.51. The van der Waals surface area contributed by atoms with Crippen LogP contribution in [0, 0.1) is 21.7 Å². The molecule has 0 saturated heterocycles. The number of nitrogens with one attached hydrogen (secondary N) is 1. The summed E-state index contributed by atoms with van der Waals surface area (Å²) in [4.78, 5) is 10.3. The second kappa shape index (κ2) is 7.12. The van der Waals surface area contributed by atoms with Gasteiger partial charge in [-0.3, -0.25) is 10.1 Å². The lowest BCUT2D eigenvalue weighted by molar-refractivity contribution is -0.384. The highest BCUT2D eigenvalue weighted by atomic mass is 19.1. The molecular formula is C15H14F2N2O4. The summed E-state index contributed by atoms with van der Waals surface area (Å²) < 4.78 is 27.2. The molecule has 1 atom stereocenters. The summed E-state index contributed by atoms with van der Waals surface area (Å²) in [5.74, 6) is -1.81. The molecule has 0 aromatic heterocycles. The number of nitrogens with zero attached hydrogens (tertiary/aromatic N) is 1. The van der Waals surface area contributed by atoms with Gasteiger partial charge in [0, 0.05) is 12.6 Å². The van der Waals surface area contributed by atoms with E-state index in [-0.39, 0.29) is 24.5 Å². The van der Waals surface area contributed by atoms with Crippen molar-refractivity contribution in [3.05, 3.63) is 69.3 Å². The Balaban J connectivity index is 2.21. The van der Waals surface area contributed by atoms with Gasteiger partial charge in [0.25, 0.3) is 5.69 Å². The quantitative estimate of drug-likeness (QED) is 0.560. The maximum absolute atomic E-state index is 13.6. The van der Waals surface area contributed by atoms with Gasteiger partial charge in [0.15, 0.2) is 0 Å². The van der Waals surface area contributed by atoms with E-state index in [4.69, 9.17) is 5.11 Å². The first-order chi connectivity index (χ1) is 10.9. The smallest absolute Gasteiger partial charge is 0.292 e. The van der Waals surface area contributed by atoms with Gasteiger partial charge in [-0.05, 0) is 29.8 Å². The molecule has 0 fully saturated rings. The highest BCUT2D eigenvalue weighted by Gasteiger charge is 2.20. The normalized spacial score (nSPS) is 12.0. The van der Waals surface area contributed by atoms with Gasteiger partial charge >= 0.3 is 0 Å². The summed E-state index contributed by atoms with van der Waals surface area (Å²) in [6.07, 6.45) is -1.53. The zero-order valence-corrected chi connectivity index (χ0v) is 11.9. The molecule has 3 N–H and O–H groups in total. The van der Waals surface area contributed by atoms with Crippen LogP contribution in [0.2, 0.25) is 0 Å². The fraction of sp³-hybridized carbons (Fsp3) is 0.200. The third-order valence-corrected chi connectivity index (χ3v) is 3.26. The molecule has 122 valence electrons. The number of nitro groups is 1. The van der Waals surface area contributed by atoms with E-state index in [1.54, 1.807) is 0 Å². The van der Waals surface area contributed by atoms with E-state index in [0.717, 1.165) is 12.1 Å². The Morgan fingerprint density at radius 2 is 1.87 bits per heavy atom. The molecule has 0 aliphatic rings. The number of hydrogen-bond acceptors (Lipinski definition) is 5. The number of nitro benzene ring substituents is 1. The number of aliphatic hydroxyl groups excluding tert-OH is 2. The molecule has 23 heavy (non-hydrogen) atoms. The molecule has 1 unspecified atom stereocenters. The molecule has 0 amide bonds. The summed E-state index contributed by atoms with van der Waals surface area (Å²) in [6.45, 7) is -0.662. The zero-order chi connectivity index (χ0) is 17.0. The number of benzene rings is 2. The molecule has 0 bridgehead atoms. The average Bonchev–Trinajstić information content (AvgIpc) is 2.52. The van der Waals surface area contributed by atoms with Crippen LogP contribution < -0.4 is 5.32 Å². The number of hydrogen-bond donors (Lipinski definition) is 3. The molecule has 0 radical (unpaired) electrons. The van der Waals surface area contributed by atoms with Gasteiger partial charge in [-0.25, -0.2) is 8.78 Å². The molecule has 0 heterocycles. The first-order valence-corrected chi connectivity index (χ1v) is 6.68. The minimum atomic E-state index is -1.53. The largest absolute Gasteiger partial charge is 0.392 e. The highest BCUT2D eigenvalue weighted by Crippen LogP contribution is 2.27. The Morgan fingerprint density at radius 3 is 2.43 bits per heavy atom. The van der Waals surface area contributed by atoms with E-state index < -0.39 is 28.2 Å². The molecular weight excluding hydrogens is 310 g/mol. The van der Waals surface area contributed by atoms with Crippen LogP contribution >= 0.6 is 0 Å². The van der Waals surface area contributed by atoms with Crippen molar-refractivity contribution in [1.29, 1.82) is 0 Å². The van der Waals surface area contributed by atoms with Crippen LogP contribution in [0.15, 0.2) is 36.4 Å². The van der Waals surface area contributed by atoms with Crippen LogP contribution in [0.1, 0.15) is 17.2 Å². The minimum absolute atomic E-state index is 0.0392. The fourth-order valence-corrected chi connectivity index (χ4v) is 2.12. The maximum atomic E-state index is 13.6. The number of halogens is 2. The van der Waals surface area contributed by atoms with E-state index in [0.29, 0.717) is 5.56 Å². The van der Waals surface area contributed by atoms with Gasteiger partial charge in [-0.1, -0.05) is 6.07 Å². The first kappa shape index (κ1) is 16.8. The van der Waals surface area contributed by atoms with Gasteiger partial charge < -0.3 is 15.5 Å². The van der Waals surface area contributed by atoms with Gasteiger partial charge in [0.1, 0.15) is 23.4 Å². The first-order valence-electron chi connectivity index (χ1n) is 6.68. The van der Waals surface area contributed by atoms with Crippen LogP contribution in [0.25, 0.3) is 0 Å². The van der Waals surface area contributed by atoms with Gasteiger partial charge in [-0.2, -0.15) is 0 Å². The maximum Gasteiger partial charge on any atom is 0.292 e. The van der Waals surface area contributed by atoms with Crippen molar-refractivity contribution in [2.45, 2.75) is 12.7 Å². The van der Waals surface area contributed by atoms with E-state index in [2.05, 4.69) is 5.32 Å². The van der Waals surface area contributed by atoms with Crippen LogP contribution in [0.3, 0.4) is 0 Å². The van der Waals surface area contributed by atoms with Crippen molar-refractivity contribution in [2.75, 3.05) is 11.9 Å². The van der Waals surface area contributed by atoms with Crippen LogP contribution in [0.4, 0.5) is 20.2 Å². The van der Waals surface area contributed by atoms with Crippen LogP contribution in [-0.2, 0) is 6.61 Å². The second-order valence-electron chi connectivity index (χ2n) is 4.80. The second-order valence-corrected chi connectivity index (χ2v) is 4.80. The Bertz CT molecular complexity index is 704. The molecule has 2 rings (SSSR count). The predicted molar refractivity (Wildman–Crippen MR) is 78.8 cm³/mol. The van der Waals surface area contributed by atoms with E-state index in [9.17, 15) is 24.0 Å². The Hall–Kier alpha value is -2.58. The molecule has 0 saturated carbocycles. The van der Waals surface area contributed by atoms with Crippen molar-refractivity contribution in [3.63, 3.8) is 0 Å². The molecule has 6 nitrogen and oxygen atoms in total. The third kappa shape index (κ3) is 3.79. The van der Waals surface area contributed by atoms with Crippen LogP contribution in [0.5, 0.6) is 0 Å². The Morgan fingerprint density at radius 1 is 1.22 bits per heavy atom. The molecule has 0 aliphatic carbocycles. The number of anilines is 1. The Kier molecular flexibility index (Phi) is 5.20. The summed E-state index contributed by atoms with van der Waals surface area (Å²) >= 11 is 0. The van der Waals surface area contributed by atoms with Crippen molar-refractivity contribution >= 4 is 11.4 Å². The minimum Gasteiger partial charge on any atom is -0.392 e. The zero-order valence-electron chi connectivity index (χ0n) is 11.9. The molecule has 2 aromatic carbocycles. The van der Waals surface area contributed by atoms with E-state index >= 15 is 0 Å². The number of rotatable bonds is 6. The summed E-state index contributed by atoms with van der Waals surface area (Å²) in [6, 6.07) is 7.11. The van der Waals surface area contributed by atoms with E-state index in [1.807, 2.05) is 0 Å². The van der Waals surface area contributed by atoms with Crippen molar-refractivity contribution in [1.82, 2.24) is 0 Å². The SMILES string of the molecule is O=[N+]([O-])c1ccc(CO)cc1NCC(O)c1c(F)cccc1F. The fourth-order valence-electron chi connectivity index (χ4n) is 2.12. The third-order valence-electron chi connectivity index (χ3n) is 3.26. The van der Waals surface area contributed by atoms with Crippen molar-refractivity contribution < 1.29 is 23.9 Å². The summed E-state index contributed by atoms with van der Waals surface area (Å²) in [5.41, 5.74) is -0.327. The standard InChI is InChI=1S/C15H14F2N2O4/c16-10-2-1-3-11(17)15(10)14(21)7-18-12-6-9(8-20)4-5-13(12)19(22)23/h1-6,14,18,20-21H,7-8H2. The van der Waals surface area contributed by atoms with Gasteiger partial charge in [0.05, 0.1) is 17.1 Å².